The van der Waals surface area contributed by atoms with E-state index in [0.29, 0.717) is 5.69 Å². The van der Waals surface area contributed by atoms with Crippen molar-refractivity contribution >= 4 is 11.6 Å². The third-order valence-electron chi connectivity index (χ3n) is 4.48. The standard InChI is InChI=1S/C16H19F3N6O/c1-23-4-6-24(7-5-23)9-15(26)22-13-8-12(16(17,18)19)2-3-14(13)25-11-20-10-21-25/h2-3,8,10-11H,4-7,9H2,1H3,(H,22,26)/p+2. The molecule has 0 radical (unpaired) electrons. The van der Waals surface area contributed by atoms with Crippen LogP contribution in [0.4, 0.5) is 18.9 Å². The maximum atomic E-state index is 13.0. The first kappa shape index (κ1) is 18.3. The minimum Gasteiger partial charge on any atom is -0.328 e. The molecule has 140 valence electrons. The Kier molecular flexibility index (Phi) is 5.23. The largest absolute Gasteiger partial charge is 0.416 e. The number of carbonyl (C=O) groups excluding carboxylic acids is 1. The average Bonchev–Trinajstić information content (AvgIpc) is 3.10. The highest BCUT2D eigenvalue weighted by Gasteiger charge is 2.31. The molecule has 0 atom stereocenters. The molecule has 7 nitrogen and oxygen atoms in total. The van der Waals surface area contributed by atoms with Crippen LogP contribution in [0.1, 0.15) is 5.56 Å². The number of hydrogen-bond acceptors (Lipinski definition) is 3. The van der Waals surface area contributed by atoms with E-state index in [4.69, 9.17) is 0 Å². The third kappa shape index (κ3) is 4.38. The van der Waals surface area contributed by atoms with Gasteiger partial charge in [-0.15, -0.1) is 0 Å². The summed E-state index contributed by atoms with van der Waals surface area (Å²) in [4.78, 5) is 18.7. The lowest BCUT2D eigenvalue weighted by atomic mass is 10.1. The van der Waals surface area contributed by atoms with Crippen molar-refractivity contribution in [2.45, 2.75) is 6.18 Å². The van der Waals surface area contributed by atoms with Crippen molar-refractivity contribution < 1.29 is 27.8 Å². The van der Waals surface area contributed by atoms with Crippen LogP contribution >= 0.6 is 0 Å². The van der Waals surface area contributed by atoms with Gasteiger partial charge in [0.05, 0.1) is 24.0 Å². The molecule has 10 heteroatoms. The number of nitrogens with zero attached hydrogens (tertiary/aromatic N) is 3. The second kappa shape index (κ2) is 7.42. The van der Waals surface area contributed by atoms with Gasteiger partial charge in [-0.25, -0.2) is 9.67 Å². The molecule has 1 amide bonds. The first-order valence-electron chi connectivity index (χ1n) is 8.34. The SMILES string of the molecule is C[NH+]1CC[NH+](CC(=O)Nc2cc(C(F)(F)F)ccc2-n2cncn2)CC1. The lowest BCUT2D eigenvalue weighted by molar-refractivity contribution is -0.999. The Balaban J connectivity index is 1.79. The molecule has 26 heavy (non-hydrogen) atoms. The number of rotatable bonds is 4. The summed E-state index contributed by atoms with van der Waals surface area (Å²) in [5, 5.41) is 6.55. The zero-order valence-electron chi connectivity index (χ0n) is 14.3. The van der Waals surface area contributed by atoms with E-state index in [9.17, 15) is 18.0 Å². The van der Waals surface area contributed by atoms with E-state index < -0.39 is 11.7 Å². The third-order valence-corrected chi connectivity index (χ3v) is 4.48. The van der Waals surface area contributed by atoms with E-state index in [1.54, 1.807) is 0 Å². The predicted molar refractivity (Wildman–Crippen MR) is 87.2 cm³/mol. The van der Waals surface area contributed by atoms with Gasteiger partial charge in [0.2, 0.25) is 0 Å². The number of amides is 1. The zero-order chi connectivity index (χ0) is 18.7. The van der Waals surface area contributed by atoms with Crippen molar-refractivity contribution in [3.8, 4) is 5.69 Å². The Morgan fingerprint density at radius 2 is 2.00 bits per heavy atom. The molecule has 1 saturated heterocycles. The van der Waals surface area contributed by atoms with E-state index in [1.807, 2.05) is 0 Å². The Morgan fingerprint density at radius 1 is 1.27 bits per heavy atom. The number of likely N-dealkylation sites (N-methyl/N-ethyl adjacent to an activating group) is 1. The van der Waals surface area contributed by atoms with Crippen LogP contribution in [0.3, 0.4) is 0 Å². The number of alkyl halides is 3. The fraction of sp³-hybridized carbons (Fsp3) is 0.438. The number of benzene rings is 1. The fourth-order valence-corrected chi connectivity index (χ4v) is 2.97. The number of halogens is 3. The lowest BCUT2D eigenvalue weighted by Crippen LogP contribution is -3.27. The van der Waals surface area contributed by atoms with Crippen molar-refractivity contribution in [2.24, 2.45) is 0 Å². The van der Waals surface area contributed by atoms with Gasteiger partial charge in [-0.3, -0.25) is 4.79 Å². The van der Waals surface area contributed by atoms with Crippen LogP contribution in [0.15, 0.2) is 30.9 Å². The lowest BCUT2D eigenvalue weighted by Gasteiger charge is -2.26. The second-order valence-corrected chi connectivity index (χ2v) is 6.50. The molecule has 2 aromatic rings. The molecule has 1 fully saturated rings. The van der Waals surface area contributed by atoms with Crippen LogP contribution in [0.25, 0.3) is 5.69 Å². The first-order chi connectivity index (χ1) is 12.3. The fourth-order valence-electron chi connectivity index (χ4n) is 2.97. The average molecular weight is 370 g/mol. The quantitative estimate of drug-likeness (QED) is 0.623. The van der Waals surface area contributed by atoms with Crippen LogP contribution in [-0.2, 0) is 11.0 Å². The Bertz CT molecular complexity index is 754. The van der Waals surface area contributed by atoms with E-state index in [2.05, 4.69) is 22.4 Å². The van der Waals surface area contributed by atoms with Gasteiger partial charge in [-0.2, -0.15) is 18.3 Å². The van der Waals surface area contributed by atoms with Gasteiger partial charge >= 0.3 is 6.18 Å². The van der Waals surface area contributed by atoms with Crippen molar-refractivity contribution in [3.05, 3.63) is 36.4 Å². The Morgan fingerprint density at radius 3 is 2.62 bits per heavy atom. The minimum atomic E-state index is -4.49. The number of aromatic nitrogens is 3. The van der Waals surface area contributed by atoms with Gasteiger partial charge in [0.15, 0.2) is 6.54 Å². The summed E-state index contributed by atoms with van der Waals surface area (Å²) < 4.78 is 40.4. The summed E-state index contributed by atoms with van der Waals surface area (Å²) in [6.07, 6.45) is -1.85. The van der Waals surface area contributed by atoms with Crippen LogP contribution in [-0.4, -0.2) is 60.4 Å². The number of hydrogen-bond donors (Lipinski definition) is 3. The molecule has 1 aromatic heterocycles. The minimum absolute atomic E-state index is 0.0643. The molecule has 3 rings (SSSR count). The van der Waals surface area contributed by atoms with Gasteiger partial charge in [-0.1, -0.05) is 0 Å². The van der Waals surface area contributed by atoms with E-state index in [-0.39, 0.29) is 18.1 Å². The Labute approximate surface area is 148 Å². The molecular formula is C16H21F3N6O+2. The second-order valence-electron chi connectivity index (χ2n) is 6.50. The highest BCUT2D eigenvalue weighted by molar-refractivity contribution is 5.93. The van der Waals surface area contributed by atoms with Gasteiger partial charge < -0.3 is 15.1 Å². The van der Waals surface area contributed by atoms with Crippen LogP contribution in [0.5, 0.6) is 0 Å². The molecule has 0 saturated carbocycles. The van der Waals surface area contributed by atoms with Gasteiger partial charge in [0.25, 0.3) is 5.91 Å². The van der Waals surface area contributed by atoms with E-state index >= 15 is 0 Å². The normalized spacial score (nSPS) is 20.8. The smallest absolute Gasteiger partial charge is 0.328 e. The summed E-state index contributed by atoms with van der Waals surface area (Å²) in [5.41, 5.74) is -0.427. The van der Waals surface area contributed by atoms with Crippen molar-refractivity contribution in [3.63, 3.8) is 0 Å². The summed E-state index contributed by atoms with van der Waals surface area (Å²) >= 11 is 0. The topological polar surface area (TPSA) is 68.7 Å². The van der Waals surface area contributed by atoms with Gasteiger partial charge in [-0.05, 0) is 18.2 Å². The monoisotopic (exact) mass is 370 g/mol. The number of piperazine rings is 1. The van der Waals surface area contributed by atoms with E-state index in [1.165, 1.54) is 28.3 Å². The molecule has 1 aliphatic heterocycles. The van der Waals surface area contributed by atoms with Crippen molar-refractivity contribution in [1.29, 1.82) is 0 Å². The highest BCUT2D eigenvalue weighted by Crippen LogP contribution is 2.33. The maximum absolute atomic E-state index is 13.0. The number of quaternary nitrogens is 2. The highest BCUT2D eigenvalue weighted by atomic mass is 19.4. The number of anilines is 1. The zero-order valence-corrected chi connectivity index (χ0v) is 14.3. The summed E-state index contributed by atoms with van der Waals surface area (Å²) in [6, 6.07) is 3.17. The molecule has 0 spiro atoms. The van der Waals surface area contributed by atoms with Crippen molar-refractivity contribution in [2.75, 3.05) is 45.1 Å². The molecule has 1 aromatic carbocycles. The maximum Gasteiger partial charge on any atom is 0.416 e. The van der Waals surface area contributed by atoms with Crippen LogP contribution < -0.4 is 15.1 Å². The Hall–Kier alpha value is -2.46. The molecule has 0 bridgehead atoms. The molecule has 0 aliphatic carbocycles. The van der Waals surface area contributed by atoms with Gasteiger partial charge in [0.1, 0.15) is 38.8 Å². The van der Waals surface area contributed by atoms with E-state index in [0.717, 1.165) is 43.2 Å². The van der Waals surface area contributed by atoms with Gasteiger partial charge in [0, 0.05) is 0 Å². The summed E-state index contributed by atoms with van der Waals surface area (Å²) in [7, 11) is 2.10. The molecule has 3 N–H and O–H groups in total. The molecule has 1 aliphatic rings. The summed E-state index contributed by atoms with van der Waals surface area (Å²) in [5.74, 6) is -0.319. The number of nitrogens with one attached hydrogen (secondary N) is 3. The predicted octanol–water partition coefficient (Wildman–Crippen LogP) is -1.36. The molecular weight excluding hydrogens is 349 g/mol. The van der Waals surface area contributed by atoms with Crippen molar-refractivity contribution in [1.82, 2.24) is 14.8 Å². The molecule has 2 heterocycles. The van der Waals surface area contributed by atoms with Crippen LogP contribution in [0, 0.1) is 0 Å². The number of carbonyl (C=O) groups is 1. The molecule has 0 unspecified atom stereocenters. The summed E-state index contributed by atoms with van der Waals surface area (Å²) in [6.45, 7) is 3.88. The first-order valence-corrected chi connectivity index (χ1v) is 8.34. The van der Waals surface area contributed by atoms with Crippen LogP contribution in [0.2, 0.25) is 0 Å².